The van der Waals surface area contributed by atoms with Crippen molar-refractivity contribution in [2.24, 2.45) is 4.99 Å². The second-order valence-corrected chi connectivity index (χ2v) is 6.87. The molecule has 0 fully saturated rings. The summed E-state index contributed by atoms with van der Waals surface area (Å²) in [6.45, 7) is 0. The SMILES string of the molecule is O=c1[nH]c(O)c(C=Nc2ccc(-c3cccnc3)cc2)c2cc(Br)ccc12. The van der Waals surface area contributed by atoms with Crippen molar-refractivity contribution in [3.63, 3.8) is 0 Å². The van der Waals surface area contributed by atoms with E-state index in [1.54, 1.807) is 36.8 Å². The molecule has 2 N–H and O–H groups in total. The van der Waals surface area contributed by atoms with Gasteiger partial charge in [-0.1, -0.05) is 34.1 Å². The van der Waals surface area contributed by atoms with E-state index in [9.17, 15) is 9.90 Å². The van der Waals surface area contributed by atoms with Crippen LogP contribution in [-0.4, -0.2) is 21.3 Å². The standard InChI is InChI=1S/C21H14BrN3O2/c22-15-5-8-17-18(10-15)19(21(27)25-20(17)26)12-24-16-6-3-13(4-7-16)14-2-1-9-23-11-14/h1-12H,(H2,25,26,27). The van der Waals surface area contributed by atoms with E-state index >= 15 is 0 Å². The van der Waals surface area contributed by atoms with Gasteiger partial charge in [-0.05, 0) is 47.5 Å². The van der Waals surface area contributed by atoms with Crippen LogP contribution in [0, 0.1) is 0 Å². The van der Waals surface area contributed by atoms with E-state index < -0.39 is 0 Å². The smallest absolute Gasteiger partial charge is 0.258 e. The molecule has 0 unspecified atom stereocenters. The monoisotopic (exact) mass is 419 g/mol. The number of hydrogen-bond acceptors (Lipinski definition) is 4. The maximum atomic E-state index is 12.0. The van der Waals surface area contributed by atoms with Gasteiger partial charge in [0.2, 0.25) is 5.88 Å². The molecule has 4 rings (SSSR count). The number of aromatic nitrogens is 2. The molecule has 6 heteroatoms. The van der Waals surface area contributed by atoms with Crippen molar-refractivity contribution in [2.45, 2.75) is 0 Å². The molecule has 5 nitrogen and oxygen atoms in total. The Bertz CT molecular complexity index is 1200. The van der Waals surface area contributed by atoms with Crippen LogP contribution < -0.4 is 5.56 Å². The van der Waals surface area contributed by atoms with Crippen molar-refractivity contribution in [1.82, 2.24) is 9.97 Å². The quantitative estimate of drug-likeness (QED) is 0.467. The minimum Gasteiger partial charge on any atom is -0.494 e. The zero-order valence-corrected chi connectivity index (χ0v) is 15.6. The fourth-order valence-corrected chi connectivity index (χ4v) is 3.21. The van der Waals surface area contributed by atoms with Crippen LogP contribution in [0.2, 0.25) is 0 Å². The zero-order chi connectivity index (χ0) is 18.8. The van der Waals surface area contributed by atoms with Crippen LogP contribution in [0.25, 0.3) is 21.9 Å². The molecule has 0 radical (unpaired) electrons. The van der Waals surface area contributed by atoms with Crippen LogP contribution in [0.5, 0.6) is 5.88 Å². The van der Waals surface area contributed by atoms with Crippen LogP contribution in [0.3, 0.4) is 0 Å². The molecule has 2 aromatic carbocycles. The van der Waals surface area contributed by atoms with Crippen molar-refractivity contribution < 1.29 is 5.11 Å². The van der Waals surface area contributed by atoms with Crippen LogP contribution in [0.15, 0.2) is 81.3 Å². The molecule has 4 aromatic rings. The van der Waals surface area contributed by atoms with Crippen LogP contribution >= 0.6 is 15.9 Å². The highest BCUT2D eigenvalue weighted by atomic mass is 79.9. The van der Waals surface area contributed by atoms with Crippen molar-refractivity contribution >= 4 is 38.6 Å². The average Bonchev–Trinajstić information content (AvgIpc) is 2.68. The maximum absolute atomic E-state index is 12.0. The van der Waals surface area contributed by atoms with Gasteiger partial charge in [-0.3, -0.25) is 19.8 Å². The van der Waals surface area contributed by atoms with E-state index in [2.05, 4.69) is 30.9 Å². The number of aromatic hydroxyl groups is 1. The summed E-state index contributed by atoms with van der Waals surface area (Å²) in [6.07, 6.45) is 5.10. The first kappa shape index (κ1) is 17.2. The van der Waals surface area contributed by atoms with Gasteiger partial charge in [0.25, 0.3) is 5.56 Å². The predicted octanol–water partition coefficient (Wildman–Crippen LogP) is 4.81. The molecule has 0 aliphatic carbocycles. The number of H-pyrrole nitrogens is 1. The number of aromatic amines is 1. The number of halogens is 1. The maximum Gasteiger partial charge on any atom is 0.258 e. The lowest BCUT2D eigenvalue weighted by atomic mass is 10.1. The second-order valence-electron chi connectivity index (χ2n) is 5.95. The third-order valence-electron chi connectivity index (χ3n) is 4.21. The highest BCUT2D eigenvalue weighted by molar-refractivity contribution is 9.10. The molecule has 0 saturated carbocycles. The summed E-state index contributed by atoms with van der Waals surface area (Å²) in [7, 11) is 0. The summed E-state index contributed by atoms with van der Waals surface area (Å²) >= 11 is 3.40. The topological polar surface area (TPSA) is 78.3 Å². The molecule has 27 heavy (non-hydrogen) atoms. The van der Waals surface area contributed by atoms with Gasteiger partial charge >= 0.3 is 0 Å². The number of nitrogens with one attached hydrogen (secondary N) is 1. The molecule has 0 saturated heterocycles. The van der Waals surface area contributed by atoms with E-state index in [4.69, 9.17) is 0 Å². The lowest BCUT2D eigenvalue weighted by molar-refractivity contribution is 0.452. The molecule has 0 amide bonds. The van der Waals surface area contributed by atoms with E-state index in [0.29, 0.717) is 16.3 Å². The second kappa shape index (κ2) is 7.17. The summed E-state index contributed by atoms with van der Waals surface area (Å²) < 4.78 is 0.815. The van der Waals surface area contributed by atoms with E-state index in [-0.39, 0.29) is 11.4 Å². The third kappa shape index (κ3) is 3.52. The largest absolute Gasteiger partial charge is 0.494 e. The Kier molecular flexibility index (Phi) is 4.56. The summed E-state index contributed by atoms with van der Waals surface area (Å²) in [5, 5.41) is 11.3. The number of pyridine rings is 2. The minimum atomic E-state index is -0.340. The Hall–Kier alpha value is -3.25. The third-order valence-corrected chi connectivity index (χ3v) is 4.70. The molecule has 0 aliphatic heterocycles. The number of fused-ring (bicyclic) bond motifs is 1. The summed E-state index contributed by atoms with van der Waals surface area (Å²) in [5.41, 5.74) is 2.93. The Morgan fingerprint density at radius 3 is 2.59 bits per heavy atom. The Morgan fingerprint density at radius 1 is 1.04 bits per heavy atom. The lowest BCUT2D eigenvalue weighted by Gasteiger charge is -2.05. The van der Waals surface area contributed by atoms with E-state index in [1.165, 1.54) is 0 Å². The van der Waals surface area contributed by atoms with Crippen molar-refractivity contribution in [1.29, 1.82) is 0 Å². The van der Waals surface area contributed by atoms with Crippen LogP contribution in [0.1, 0.15) is 5.56 Å². The number of rotatable bonds is 3. The number of benzene rings is 2. The molecule has 0 aliphatic rings. The fourth-order valence-electron chi connectivity index (χ4n) is 2.85. The van der Waals surface area contributed by atoms with Gasteiger partial charge in [0.05, 0.1) is 11.3 Å². The first-order valence-electron chi connectivity index (χ1n) is 8.21. The van der Waals surface area contributed by atoms with Gasteiger partial charge in [0.1, 0.15) is 0 Å². The van der Waals surface area contributed by atoms with Crippen LogP contribution in [0.4, 0.5) is 5.69 Å². The fraction of sp³-hybridized carbons (Fsp3) is 0. The highest BCUT2D eigenvalue weighted by Crippen LogP contribution is 2.26. The molecule has 0 bridgehead atoms. The average molecular weight is 420 g/mol. The zero-order valence-electron chi connectivity index (χ0n) is 14.1. The molecule has 2 aromatic heterocycles. The number of hydrogen-bond donors (Lipinski definition) is 2. The van der Waals surface area contributed by atoms with Crippen molar-refractivity contribution in [3.8, 4) is 17.0 Å². The molecular formula is C21H14BrN3O2. The molecular weight excluding hydrogens is 406 g/mol. The predicted molar refractivity (Wildman–Crippen MR) is 111 cm³/mol. The first-order chi connectivity index (χ1) is 13.1. The van der Waals surface area contributed by atoms with Crippen LogP contribution in [-0.2, 0) is 0 Å². The van der Waals surface area contributed by atoms with E-state index in [0.717, 1.165) is 21.3 Å². The highest BCUT2D eigenvalue weighted by Gasteiger charge is 2.09. The normalized spacial score (nSPS) is 11.3. The number of nitrogens with zero attached hydrogens (tertiary/aromatic N) is 2. The van der Waals surface area contributed by atoms with Crippen molar-refractivity contribution in [3.05, 3.63) is 87.4 Å². The number of aliphatic imine (C=N–C) groups is 1. The van der Waals surface area contributed by atoms with Gasteiger partial charge in [-0.25, -0.2) is 0 Å². The van der Waals surface area contributed by atoms with E-state index in [1.807, 2.05) is 36.4 Å². The first-order valence-corrected chi connectivity index (χ1v) is 9.00. The summed E-state index contributed by atoms with van der Waals surface area (Å²) in [6, 6.07) is 16.9. The minimum absolute atomic E-state index is 0.207. The molecule has 2 heterocycles. The summed E-state index contributed by atoms with van der Waals surface area (Å²) in [4.78, 5) is 23.0. The van der Waals surface area contributed by atoms with Gasteiger partial charge in [-0.15, -0.1) is 0 Å². The Morgan fingerprint density at radius 2 is 1.85 bits per heavy atom. The van der Waals surface area contributed by atoms with Gasteiger partial charge in [-0.2, -0.15) is 0 Å². The van der Waals surface area contributed by atoms with Gasteiger partial charge in [0, 0.05) is 33.9 Å². The lowest BCUT2D eigenvalue weighted by Crippen LogP contribution is -2.08. The van der Waals surface area contributed by atoms with Crippen molar-refractivity contribution in [2.75, 3.05) is 0 Å². The molecule has 132 valence electrons. The Balaban J connectivity index is 1.71. The Labute approximate surface area is 163 Å². The van der Waals surface area contributed by atoms with Gasteiger partial charge in [0.15, 0.2) is 0 Å². The molecule has 0 atom stereocenters. The molecule has 0 spiro atoms. The summed E-state index contributed by atoms with van der Waals surface area (Å²) in [5.74, 6) is -0.207. The van der Waals surface area contributed by atoms with Gasteiger partial charge < -0.3 is 5.11 Å².